The van der Waals surface area contributed by atoms with Gasteiger partial charge in [-0.3, -0.25) is 4.40 Å². The Morgan fingerprint density at radius 2 is 1.88 bits per heavy atom. The molecule has 0 bridgehead atoms. The van der Waals surface area contributed by atoms with Crippen LogP contribution in [0.15, 0.2) is 65.7 Å². The van der Waals surface area contributed by atoms with Crippen LogP contribution in [0.2, 0.25) is 0 Å². The van der Waals surface area contributed by atoms with E-state index in [9.17, 15) is 5.26 Å². The number of rotatable bonds is 5. The standard InChI is InChI=1S/C21H17N3OS/c1-15-13-20(26-12-11-25-16-7-3-2-4-8-16)24-19-10-6-5-9-18(19)23-21(24)17(15)14-22/h2-10,13H,11-12H2,1H3. The summed E-state index contributed by atoms with van der Waals surface area (Å²) in [6, 6.07) is 22.2. The summed E-state index contributed by atoms with van der Waals surface area (Å²) >= 11 is 1.71. The SMILES string of the molecule is Cc1cc(SCCOc2ccccc2)n2c(nc3ccccc32)c1C#N. The number of nitrogens with zero attached hydrogens (tertiary/aromatic N) is 3. The van der Waals surface area contributed by atoms with Crippen LogP contribution in [0.3, 0.4) is 0 Å². The van der Waals surface area contributed by atoms with Gasteiger partial charge in [0.05, 0.1) is 28.2 Å². The van der Waals surface area contributed by atoms with Crippen LogP contribution in [0.4, 0.5) is 0 Å². The van der Waals surface area contributed by atoms with Gasteiger partial charge in [-0.05, 0) is 42.8 Å². The molecule has 26 heavy (non-hydrogen) atoms. The average Bonchev–Trinajstić information content (AvgIpc) is 3.05. The molecule has 5 heteroatoms. The lowest BCUT2D eigenvalue weighted by atomic mass is 10.2. The molecule has 0 unspecified atom stereocenters. The van der Waals surface area contributed by atoms with Crippen molar-refractivity contribution in [2.75, 3.05) is 12.4 Å². The molecule has 0 amide bonds. The van der Waals surface area contributed by atoms with Crippen LogP contribution in [-0.4, -0.2) is 21.7 Å². The van der Waals surface area contributed by atoms with Gasteiger partial charge in [-0.15, -0.1) is 11.8 Å². The van der Waals surface area contributed by atoms with Crippen LogP contribution >= 0.6 is 11.8 Å². The van der Waals surface area contributed by atoms with Crippen LogP contribution in [0, 0.1) is 18.3 Å². The lowest BCUT2D eigenvalue weighted by Crippen LogP contribution is -2.02. The molecule has 0 aliphatic carbocycles. The zero-order chi connectivity index (χ0) is 17.9. The van der Waals surface area contributed by atoms with E-state index in [2.05, 4.69) is 21.5 Å². The molecule has 0 aliphatic heterocycles. The number of ether oxygens (including phenoxy) is 1. The highest BCUT2D eigenvalue weighted by Crippen LogP contribution is 2.29. The number of fused-ring (bicyclic) bond motifs is 3. The molecule has 4 aromatic rings. The summed E-state index contributed by atoms with van der Waals surface area (Å²) in [5.74, 6) is 1.68. The normalized spacial score (nSPS) is 10.9. The summed E-state index contributed by atoms with van der Waals surface area (Å²) in [4.78, 5) is 4.68. The van der Waals surface area contributed by atoms with Crippen molar-refractivity contribution in [3.63, 3.8) is 0 Å². The van der Waals surface area contributed by atoms with E-state index < -0.39 is 0 Å². The third-order valence-electron chi connectivity index (χ3n) is 4.20. The van der Waals surface area contributed by atoms with Crippen molar-refractivity contribution in [2.45, 2.75) is 11.9 Å². The van der Waals surface area contributed by atoms with Crippen molar-refractivity contribution in [1.82, 2.24) is 9.38 Å². The van der Waals surface area contributed by atoms with Crippen LogP contribution in [0.1, 0.15) is 11.1 Å². The molecule has 0 saturated heterocycles. The van der Waals surface area contributed by atoms with Crippen molar-refractivity contribution < 1.29 is 4.74 Å². The van der Waals surface area contributed by atoms with Crippen molar-refractivity contribution >= 4 is 28.4 Å². The van der Waals surface area contributed by atoms with Crippen molar-refractivity contribution in [3.05, 3.63) is 71.8 Å². The van der Waals surface area contributed by atoms with Gasteiger partial charge in [0.2, 0.25) is 0 Å². The smallest absolute Gasteiger partial charge is 0.157 e. The second-order valence-electron chi connectivity index (χ2n) is 5.92. The van der Waals surface area contributed by atoms with Gasteiger partial charge < -0.3 is 4.74 Å². The van der Waals surface area contributed by atoms with Gasteiger partial charge >= 0.3 is 0 Å². The van der Waals surface area contributed by atoms with Gasteiger partial charge in [-0.2, -0.15) is 5.26 Å². The number of nitriles is 1. The molecule has 0 saturated carbocycles. The maximum absolute atomic E-state index is 9.54. The van der Waals surface area contributed by atoms with Crippen LogP contribution in [-0.2, 0) is 0 Å². The molecule has 0 aliphatic rings. The lowest BCUT2D eigenvalue weighted by molar-refractivity contribution is 0.344. The highest BCUT2D eigenvalue weighted by molar-refractivity contribution is 7.99. The Kier molecular flexibility index (Phi) is 4.51. The lowest BCUT2D eigenvalue weighted by Gasteiger charge is -2.10. The highest BCUT2D eigenvalue weighted by Gasteiger charge is 2.15. The van der Waals surface area contributed by atoms with Crippen molar-refractivity contribution in [2.24, 2.45) is 0 Å². The molecule has 2 aromatic heterocycles. The topological polar surface area (TPSA) is 50.3 Å². The first-order valence-electron chi connectivity index (χ1n) is 8.39. The fraction of sp³-hybridized carbons (Fsp3) is 0.143. The van der Waals surface area contributed by atoms with Gasteiger partial charge in [0, 0.05) is 5.75 Å². The number of aromatic nitrogens is 2. The Labute approximate surface area is 156 Å². The predicted molar refractivity (Wildman–Crippen MR) is 105 cm³/mol. The third kappa shape index (κ3) is 3.00. The highest BCUT2D eigenvalue weighted by atomic mass is 32.2. The number of para-hydroxylation sites is 3. The van der Waals surface area contributed by atoms with Crippen LogP contribution in [0.25, 0.3) is 16.7 Å². The number of imidazole rings is 1. The zero-order valence-electron chi connectivity index (χ0n) is 14.3. The number of pyridine rings is 1. The molecule has 4 nitrogen and oxygen atoms in total. The quantitative estimate of drug-likeness (QED) is 0.378. The zero-order valence-corrected chi connectivity index (χ0v) is 15.2. The monoisotopic (exact) mass is 359 g/mol. The molecule has 2 heterocycles. The Morgan fingerprint density at radius 1 is 1.12 bits per heavy atom. The van der Waals surface area contributed by atoms with E-state index in [0.29, 0.717) is 12.2 Å². The molecule has 128 valence electrons. The molecule has 4 rings (SSSR count). The van der Waals surface area contributed by atoms with E-state index in [-0.39, 0.29) is 0 Å². The summed E-state index contributed by atoms with van der Waals surface area (Å²) in [5.41, 5.74) is 4.22. The summed E-state index contributed by atoms with van der Waals surface area (Å²) in [5, 5.41) is 10.6. The molecule has 0 atom stereocenters. The van der Waals surface area contributed by atoms with Crippen molar-refractivity contribution in [1.29, 1.82) is 5.26 Å². The third-order valence-corrected chi connectivity index (χ3v) is 5.16. The summed E-state index contributed by atoms with van der Waals surface area (Å²) < 4.78 is 7.86. The van der Waals surface area contributed by atoms with Gasteiger partial charge in [-0.1, -0.05) is 30.3 Å². The first-order valence-corrected chi connectivity index (χ1v) is 9.38. The van der Waals surface area contributed by atoms with Gasteiger partial charge in [0.25, 0.3) is 0 Å². The van der Waals surface area contributed by atoms with E-state index in [1.807, 2.05) is 61.5 Å². The number of benzene rings is 2. The van der Waals surface area contributed by atoms with Crippen molar-refractivity contribution in [3.8, 4) is 11.8 Å². The van der Waals surface area contributed by atoms with E-state index in [0.717, 1.165) is 38.8 Å². The fourth-order valence-electron chi connectivity index (χ4n) is 2.98. The molecule has 0 spiro atoms. The second-order valence-corrected chi connectivity index (χ2v) is 7.04. The average molecular weight is 359 g/mol. The van der Waals surface area contributed by atoms with Crippen LogP contribution < -0.4 is 4.74 Å². The number of hydrogen-bond acceptors (Lipinski definition) is 4. The molecule has 0 N–H and O–H groups in total. The maximum Gasteiger partial charge on any atom is 0.157 e. The van der Waals surface area contributed by atoms with E-state index in [1.165, 1.54) is 0 Å². The Morgan fingerprint density at radius 3 is 2.69 bits per heavy atom. The Hall–Kier alpha value is -2.97. The minimum absolute atomic E-state index is 0.613. The van der Waals surface area contributed by atoms with E-state index in [4.69, 9.17) is 4.74 Å². The van der Waals surface area contributed by atoms with E-state index in [1.54, 1.807) is 11.8 Å². The fourth-order valence-corrected chi connectivity index (χ4v) is 3.93. The predicted octanol–water partition coefficient (Wildman–Crippen LogP) is 4.84. The first kappa shape index (κ1) is 16.5. The molecule has 0 fully saturated rings. The van der Waals surface area contributed by atoms with Crippen LogP contribution in [0.5, 0.6) is 5.75 Å². The Balaban J connectivity index is 1.65. The van der Waals surface area contributed by atoms with Gasteiger partial charge in [-0.25, -0.2) is 4.98 Å². The second kappa shape index (κ2) is 7.11. The summed E-state index contributed by atoms with van der Waals surface area (Å²) in [6.07, 6.45) is 0. The maximum atomic E-state index is 9.54. The molecular weight excluding hydrogens is 342 g/mol. The largest absolute Gasteiger partial charge is 0.493 e. The first-order chi connectivity index (χ1) is 12.8. The summed E-state index contributed by atoms with van der Waals surface area (Å²) in [6.45, 7) is 2.57. The minimum Gasteiger partial charge on any atom is -0.493 e. The Bertz CT molecular complexity index is 1110. The minimum atomic E-state index is 0.613. The number of aryl methyl sites for hydroxylation is 1. The molecule has 0 radical (unpaired) electrons. The van der Waals surface area contributed by atoms with Gasteiger partial charge in [0.1, 0.15) is 11.8 Å². The summed E-state index contributed by atoms with van der Waals surface area (Å²) in [7, 11) is 0. The number of thioether (sulfide) groups is 1. The van der Waals surface area contributed by atoms with Gasteiger partial charge in [0.15, 0.2) is 5.65 Å². The molecule has 2 aromatic carbocycles. The number of hydrogen-bond donors (Lipinski definition) is 0. The van der Waals surface area contributed by atoms with E-state index >= 15 is 0 Å². The molecular formula is C21H17N3OS.